The highest BCUT2D eigenvalue weighted by atomic mass is 16.5. The first-order valence-electron chi connectivity index (χ1n) is 9.63. The molecule has 2 saturated carbocycles. The topological polar surface area (TPSA) is 36.3 Å². The van der Waals surface area contributed by atoms with Gasteiger partial charge in [-0.2, -0.15) is 5.26 Å². The van der Waals surface area contributed by atoms with Crippen molar-refractivity contribution in [3.8, 4) is 6.07 Å². The van der Waals surface area contributed by atoms with E-state index in [1.165, 1.54) is 44.2 Å². The van der Waals surface area contributed by atoms with Gasteiger partial charge in [0.15, 0.2) is 0 Å². The minimum Gasteiger partial charge on any atom is -0.370 e. The van der Waals surface area contributed by atoms with Gasteiger partial charge in [-0.3, -0.25) is 0 Å². The molecule has 1 aromatic rings. The van der Waals surface area contributed by atoms with Crippen molar-refractivity contribution in [2.24, 2.45) is 17.8 Å². The summed E-state index contributed by atoms with van der Waals surface area (Å²) in [5.74, 6) is 2.06. The number of fused-ring (bicyclic) bond motifs is 2. The van der Waals surface area contributed by atoms with Crippen LogP contribution in [-0.2, 0) is 10.3 Å². The molecule has 2 bridgehead atoms. The van der Waals surface area contributed by atoms with Crippen molar-refractivity contribution in [2.45, 2.75) is 44.6 Å². The summed E-state index contributed by atoms with van der Waals surface area (Å²) in [5, 5.41) is 9.33. The minimum atomic E-state index is -0.181. The summed E-state index contributed by atoms with van der Waals surface area (Å²) in [6, 6.07) is 10.5. The van der Waals surface area contributed by atoms with Crippen molar-refractivity contribution < 1.29 is 4.74 Å². The van der Waals surface area contributed by atoms with Crippen LogP contribution in [0.5, 0.6) is 0 Å². The number of nitrogens with zero attached hydrogens (tertiary/aromatic N) is 2. The van der Waals surface area contributed by atoms with E-state index < -0.39 is 0 Å². The summed E-state index contributed by atoms with van der Waals surface area (Å²) in [5.41, 5.74) is 1.81. The van der Waals surface area contributed by atoms with Crippen LogP contribution >= 0.6 is 0 Å². The van der Waals surface area contributed by atoms with Gasteiger partial charge < -0.3 is 9.64 Å². The Kier molecular flexibility index (Phi) is 4.37. The van der Waals surface area contributed by atoms with E-state index in [1.807, 2.05) is 12.1 Å². The zero-order valence-electron chi connectivity index (χ0n) is 14.7. The van der Waals surface area contributed by atoms with Crippen molar-refractivity contribution in [3.63, 3.8) is 0 Å². The van der Waals surface area contributed by atoms with E-state index in [9.17, 15) is 5.26 Å². The first-order valence-corrected chi connectivity index (χ1v) is 9.63. The largest absolute Gasteiger partial charge is 0.370 e. The third-order valence-electron chi connectivity index (χ3n) is 6.31. The maximum atomic E-state index is 9.33. The molecule has 1 heterocycles. The molecule has 2 aliphatic carbocycles. The van der Waals surface area contributed by atoms with Crippen LogP contribution in [0, 0.1) is 29.1 Å². The van der Waals surface area contributed by atoms with Gasteiger partial charge in [0.1, 0.15) is 5.60 Å². The van der Waals surface area contributed by atoms with Crippen LogP contribution in [0.4, 0.5) is 0 Å². The Morgan fingerprint density at radius 2 is 1.96 bits per heavy atom. The zero-order valence-corrected chi connectivity index (χ0v) is 14.7. The summed E-state index contributed by atoms with van der Waals surface area (Å²) in [6.45, 7) is 6.45. The van der Waals surface area contributed by atoms with Gasteiger partial charge >= 0.3 is 0 Å². The van der Waals surface area contributed by atoms with Crippen LogP contribution in [0.15, 0.2) is 24.3 Å². The fraction of sp³-hybridized carbons (Fsp3) is 0.667. The van der Waals surface area contributed by atoms with Crippen molar-refractivity contribution >= 4 is 0 Å². The molecule has 1 aromatic carbocycles. The molecule has 3 fully saturated rings. The highest BCUT2D eigenvalue weighted by Gasteiger charge is 2.53. The van der Waals surface area contributed by atoms with E-state index in [2.05, 4.69) is 30.0 Å². The standard InChI is InChI=1S/C21H28N2O/c1-2-24-21(18-6-3-5-17(11-18)12-22)19-7-4-8-20(21)15-23(14-19)13-16-9-10-16/h3,5-6,11,16,19-20H,2,4,7-10,13-15H2,1H3/t19-,20+,21?. The first kappa shape index (κ1) is 16.1. The second-order valence-corrected chi connectivity index (χ2v) is 7.91. The van der Waals surface area contributed by atoms with E-state index in [1.54, 1.807) is 0 Å². The van der Waals surface area contributed by atoms with E-state index in [4.69, 9.17) is 4.74 Å². The van der Waals surface area contributed by atoms with Crippen molar-refractivity contribution in [2.75, 3.05) is 26.2 Å². The molecule has 128 valence electrons. The lowest BCUT2D eigenvalue weighted by Crippen LogP contribution is -2.59. The lowest BCUT2D eigenvalue weighted by molar-refractivity contribution is -0.183. The number of benzene rings is 1. The van der Waals surface area contributed by atoms with E-state index in [0.717, 1.165) is 31.2 Å². The van der Waals surface area contributed by atoms with Crippen molar-refractivity contribution in [1.29, 1.82) is 5.26 Å². The van der Waals surface area contributed by atoms with Gasteiger partial charge in [-0.1, -0.05) is 18.6 Å². The lowest BCUT2D eigenvalue weighted by Gasteiger charge is -2.56. The molecule has 4 rings (SSSR count). The third-order valence-corrected chi connectivity index (χ3v) is 6.31. The Balaban J connectivity index is 1.69. The molecular weight excluding hydrogens is 296 g/mol. The number of piperidine rings is 1. The molecule has 0 N–H and O–H groups in total. The Hall–Kier alpha value is -1.37. The number of rotatable bonds is 5. The number of hydrogen-bond donors (Lipinski definition) is 0. The third kappa shape index (κ3) is 2.76. The van der Waals surface area contributed by atoms with Crippen LogP contribution in [0.2, 0.25) is 0 Å². The van der Waals surface area contributed by atoms with E-state index in [0.29, 0.717) is 11.8 Å². The van der Waals surface area contributed by atoms with Gasteiger partial charge in [0.25, 0.3) is 0 Å². The molecule has 0 spiro atoms. The van der Waals surface area contributed by atoms with Gasteiger partial charge in [0.05, 0.1) is 11.6 Å². The normalized spacial score (nSPS) is 33.2. The second-order valence-electron chi connectivity index (χ2n) is 7.91. The Bertz CT molecular complexity index is 617. The van der Waals surface area contributed by atoms with Crippen molar-refractivity contribution in [1.82, 2.24) is 4.90 Å². The molecular formula is C21H28N2O. The van der Waals surface area contributed by atoms with Crippen LogP contribution in [0.25, 0.3) is 0 Å². The van der Waals surface area contributed by atoms with Gasteiger partial charge in [-0.05, 0) is 56.2 Å². The Morgan fingerprint density at radius 1 is 1.21 bits per heavy atom. The van der Waals surface area contributed by atoms with Gasteiger partial charge in [0.2, 0.25) is 0 Å². The molecule has 3 heteroatoms. The van der Waals surface area contributed by atoms with Crippen LogP contribution in [0.3, 0.4) is 0 Å². The highest BCUT2D eigenvalue weighted by Crippen LogP contribution is 2.52. The van der Waals surface area contributed by atoms with Crippen LogP contribution in [0.1, 0.15) is 50.2 Å². The number of nitriles is 1. The zero-order chi connectivity index (χ0) is 16.6. The molecule has 1 aliphatic heterocycles. The maximum absolute atomic E-state index is 9.33. The molecule has 3 atom stereocenters. The Morgan fingerprint density at radius 3 is 2.58 bits per heavy atom. The van der Waals surface area contributed by atoms with E-state index in [-0.39, 0.29) is 5.60 Å². The fourth-order valence-corrected chi connectivity index (χ4v) is 5.20. The molecule has 24 heavy (non-hydrogen) atoms. The molecule has 3 aliphatic rings. The number of hydrogen-bond acceptors (Lipinski definition) is 3. The highest BCUT2D eigenvalue weighted by molar-refractivity contribution is 5.37. The molecule has 0 amide bonds. The van der Waals surface area contributed by atoms with Gasteiger partial charge in [-0.15, -0.1) is 0 Å². The SMILES string of the molecule is CCOC1(c2cccc(C#N)c2)[C@@H]2CCC[C@H]1CN(CC1CC1)C2. The van der Waals surface area contributed by atoms with Crippen molar-refractivity contribution in [3.05, 3.63) is 35.4 Å². The molecule has 1 unspecified atom stereocenters. The van der Waals surface area contributed by atoms with E-state index >= 15 is 0 Å². The van der Waals surface area contributed by atoms with Crippen LogP contribution < -0.4 is 0 Å². The molecule has 0 aromatic heterocycles. The quantitative estimate of drug-likeness (QED) is 0.823. The summed E-state index contributed by atoms with van der Waals surface area (Å²) in [4.78, 5) is 2.71. The second kappa shape index (κ2) is 6.50. The monoisotopic (exact) mass is 324 g/mol. The number of likely N-dealkylation sites (tertiary alicyclic amines) is 1. The number of ether oxygens (including phenoxy) is 1. The molecule has 0 radical (unpaired) electrons. The summed E-state index contributed by atoms with van der Waals surface area (Å²) < 4.78 is 6.56. The maximum Gasteiger partial charge on any atom is 0.101 e. The smallest absolute Gasteiger partial charge is 0.101 e. The molecule has 3 nitrogen and oxygen atoms in total. The average molecular weight is 324 g/mol. The predicted octanol–water partition coefficient (Wildman–Crippen LogP) is 3.93. The van der Waals surface area contributed by atoms with Crippen LogP contribution in [-0.4, -0.2) is 31.1 Å². The average Bonchev–Trinajstić information content (AvgIpc) is 3.39. The molecule has 1 saturated heterocycles. The lowest BCUT2D eigenvalue weighted by atomic mass is 9.62. The summed E-state index contributed by atoms with van der Waals surface area (Å²) in [6.07, 6.45) is 6.65. The predicted molar refractivity (Wildman–Crippen MR) is 94.5 cm³/mol. The van der Waals surface area contributed by atoms with Gasteiger partial charge in [-0.25, -0.2) is 0 Å². The minimum absolute atomic E-state index is 0.181. The Labute approximate surface area is 145 Å². The van der Waals surface area contributed by atoms with Gasteiger partial charge in [0, 0.05) is 38.1 Å². The summed E-state index contributed by atoms with van der Waals surface area (Å²) in [7, 11) is 0. The summed E-state index contributed by atoms with van der Waals surface area (Å²) >= 11 is 0. The first-order chi connectivity index (χ1) is 11.8. The fourth-order valence-electron chi connectivity index (χ4n) is 5.20.